The topological polar surface area (TPSA) is 59.2 Å². The second kappa shape index (κ2) is 8.78. The number of carbonyl (C=O) groups is 1. The van der Waals surface area contributed by atoms with Gasteiger partial charge in [-0.1, -0.05) is 27.7 Å². The molecule has 0 aliphatic rings. The van der Waals surface area contributed by atoms with E-state index in [0.29, 0.717) is 23.9 Å². The Labute approximate surface area is 128 Å². The number of nitrogens with two attached hydrogens (primary N) is 1. The summed E-state index contributed by atoms with van der Waals surface area (Å²) < 4.78 is 0. The zero-order valence-corrected chi connectivity index (χ0v) is 13.8. The molecule has 0 aliphatic heterocycles. The Kier molecular flexibility index (Phi) is 7.37. The number of carbonyl (C=O) groups excluding carboxylic acids is 1. The minimum Gasteiger partial charge on any atom is -0.339 e. The van der Waals surface area contributed by atoms with Crippen molar-refractivity contribution in [3.05, 3.63) is 29.6 Å². The van der Waals surface area contributed by atoms with Crippen LogP contribution in [-0.4, -0.2) is 28.9 Å². The van der Waals surface area contributed by atoms with Crippen molar-refractivity contribution in [2.45, 2.75) is 47.1 Å². The predicted octanol–water partition coefficient (Wildman–Crippen LogP) is 3.07. The Morgan fingerprint density at radius 3 is 2.24 bits per heavy atom. The molecule has 0 bridgehead atoms. The van der Waals surface area contributed by atoms with Crippen LogP contribution in [0.5, 0.6) is 0 Å². The first-order valence-electron chi connectivity index (χ1n) is 7.88. The smallest absolute Gasteiger partial charge is 0.253 e. The lowest BCUT2D eigenvalue weighted by Crippen LogP contribution is -2.34. The molecule has 1 aromatic heterocycles. The minimum absolute atomic E-state index is 0.0911. The highest BCUT2D eigenvalue weighted by Crippen LogP contribution is 2.12. The first-order valence-corrected chi connectivity index (χ1v) is 7.88. The van der Waals surface area contributed by atoms with Gasteiger partial charge in [-0.2, -0.15) is 0 Å². The van der Waals surface area contributed by atoms with E-state index in [4.69, 9.17) is 5.73 Å². The van der Waals surface area contributed by atoms with Gasteiger partial charge in [-0.3, -0.25) is 9.78 Å². The molecule has 21 heavy (non-hydrogen) atoms. The van der Waals surface area contributed by atoms with Crippen LogP contribution in [0.4, 0.5) is 0 Å². The van der Waals surface area contributed by atoms with E-state index in [0.717, 1.165) is 31.6 Å². The number of aromatic nitrogens is 1. The number of rotatable bonds is 8. The van der Waals surface area contributed by atoms with Gasteiger partial charge >= 0.3 is 0 Å². The Bertz CT molecular complexity index is 431. The maximum atomic E-state index is 12.7. The fourth-order valence-corrected chi connectivity index (χ4v) is 2.05. The fraction of sp³-hybridized carbons (Fsp3) is 0.647. The summed E-state index contributed by atoms with van der Waals surface area (Å²) in [5, 5.41) is 0. The lowest BCUT2D eigenvalue weighted by Gasteiger charge is -2.24. The Morgan fingerprint density at radius 1 is 1.19 bits per heavy atom. The second-order valence-electron chi connectivity index (χ2n) is 6.40. The SMILES string of the molecule is CC(C)CCN(CCC(C)C)C(=O)c1ccnc(CN)c1. The van der Waals surface area contributed by atoms with Crippen LogP contribution in [0.3, 0.4) is 0 Å². The Morgan fingerprint density at radius 2 is 1.76 bits per heavy atom. The van der Waals surface area contributed by atoms with Crippen LogP contribution in [0.1, 0.15) is 56.6 Å². The normalized spacial score (nSPS) is 11.2. The van der Waals surface area contributed by atoms with Gasteiger partial charge in [0, 0.05) is 31.4 Å². The third-order valence-electron chi connectivity index (χ3n) is 3.51. The molecule has 1 heterocycles. The number of pyridine rings is 1. The van der Waals surface area contributed by atoms with Gasteiger partial charge in [0.05, 0.1) is 5.69 Å². The van der Waals surface area contributed by atoms with E-state index in [1.165, 1.54) is 0 Å². The number of hydrogen-bond donors (Lipinski definition) is 1. The third kappa shape index (κ3) is 6.25. The van der Waals surface area contributed by atoms with Crippen molar-refractivity contribution >= 4 is 5.91 Å². The van der Waals surface area contributed by atoms with Crippen molar-refractivity contribution in [2.75, 3.05) is 13.1 Å². The van der Waals surface area contributed by atoms with Crippen LogP contribution >= 0.6 is 0 Å². The first kappa shape index (κ1) is 17.6. The Balaban J connectivity index is 2.81. The Hall–Kier alpha value is -1.42. The highest BCUT2D eigenvalue weighted by Gasteiger charge is 2.16. The van der Waals surface area contributed by atoms with Crippen molar-refractivity contribution in [3.63, 3.8) is 0 Å². The molecule has 1 aromatic rings. The van der Waals surface area contributed by atoms with Gasteiger partial charge in [-0.25, -0.2) is 0 Å². The van der Waals surface area contributed by atoms with E-state index in [9.17, 15) is 4.79 Å². The quantitative estimate of drug-likeness (QED) is 0.800. The van der Waals surface area contributed by atoms with Crippen molar-refractivity contribution in [1.82, 2.24) is 9.88 Å². The molecule has 0 aliphatic carbocycles. The average Bonchev–Trinajstić information content (AvgIpc) is 2.46. The fourth-order valence-electron chi connectivity index (χ4n) is 2.05. The lowest BCUT2D eigenvalue weighted by atomic mass is 10.1. The molecule has 0 fully saturated rings. The second-order valence-corrected chi connectivity index (χ2v) is 6.40. The van der Waals surface area contributed by atoms with Gasteiger partial charge in [0.25, 0.3) is 5.91 Å². The van der Waals surface area contributed by atoms with E-state index in [-0.39, 0.29) is 5.91 Å². The minimum atomic E-state index is 0.0911. The van der Waals surface area contributed by atoms with E-state index < -0.39 is 0 Å². The summed E-state index contributed by atoms with van der Waals surface area (Å²) in [6.07, 6.45) is 3.72. The van der Waals surface area contributed by atoms with Crippen LogP contribution in [0.15, 0.2) is 18.3 Å². The predicted molar refractivity (Wildman–Crippen MR) is 86.9 cm³/mol. The maximum Gasteiger partial charge on any atom is 0.253 e. The maximum absolute atomic E-state index is 12.7. The van der Waals surface area contributed by atoms with Crippen molar-refractivity contribution in [1.29, 1.82) is 0 Å². The largest absolute Gasteiger partial charge is 0.339 e. The van der Waals surface area contributed by atoms with Crippen LogP contribution in [-0.2, 0) is 6.54 Å². The molecule has 0 atom stereocenters. The van der Waals surface area contributed by atoms with E-state index in [1.54, 1.807) is 18.3 Å². The molecule has 4 heteroatoms. The molecule has 0 aromatic carbocycles. The molecule has 118 valence electrons. The standard InChI is InChI=1S/C17H29N3O/c1-13(2)6-9-20(10-7-14(3)4)17(21)15-5-8-19-16(11-15)12-18/h5,8,11,13-14H,6-7,9-10,12,18H2,1-4H3. The van der Waals surface area contributed by atoms with Gasteiger partial charge in [-0.05, 0) is 36.8 Å². The van der Waals surface area contributed by atoms with Gasteiger partial charge in [-0.15, -0.1) is 0 Å². The first-order chi connectivity index (χ1) is 9.93. The van der Waals surface area contributed by atoms with Gasteiger partial charge in [0.2, 0.25) is 0 Å². The van der Waals surface area contributed by atoms with Crippen LogP contribution in [0, 0.1) is 11.8 Å². The van der Waals surface area contributed by atoms with E-state index >= 15 is 0 Å². The van der Waals surface area contributed by atoms with Crippen molar-refractivity contribution in [2.24, 2.45) is 17.6 Å². The van der Waals surface area contributed by atoms with Crippen LogP contribution < -0.4 is 5.73 Å². The number of hydrogen-bond acceptors (Lipinski definition) is 3. The van der Waals surface area contributed by atoms with Gasteiger partial charge < -0.3 is 10.6 Å². The molecule has 0 unspecified atom stereocenters. The molecular formula is C17H29N3O. The third-order valence-corrected chi connectivity index (χ3v) is 3.51. The molecule has 0 spiro atoms. The van der Waals surface area contributed by atoms with E-state index in [2.05, 4.69) is 32.7 Å². The lowest BCUT2D eigenvalue weighted by molar-refractivity contribution is 0.0740. The highest BCUT2D eigenvalue weighted by atomic mass is 16.2. The zero-order chi connectivity index (χ0) is 15.8. The van der Waals surface area contributed by atoms with Gasteiger partial charge in [0.15, 0.2) is 0 Å². The molecule has 1 rings (SSSR count). The molecule has 0 saturated carbocycles. The highest BCUT2D eigenvalue weighted by molar-refractivity contribution is 5.94. The molecule has 0 saturated heterocycles. The van der Waals surface area contributed by atoms with E-state index in [1.807, 2.05) is 4.90 Å². The number of nitrogens with zero attached hydrogens (tertiary/aromatic N) is 2. The molecule has 1 amide bonds. The summed E-state index contributed by atoms with van der Waals surface area (Å²) >= 11 is 0. The number of amides is 1. The summed E-state index contributed by atoms with van der Waals surface area (Å²) in [5.41, 5.74) is 7.05. The summed E-state index contributed by atoms with van der Waals surface area (Å²) in [5.74, 6) is 1.28. The summed E-state index contributed by atoms with van der Waals surface area (Å²) in [7, 11) is 0. The van der Waals surface area contributed by atoms with Crippen LogP contribution in [0.25, 0.3) is 0 Å². The van der Waals surface area contributed by atoms with Crippen molar-refractivity contribution < 1.29 is 4.79 Å². The summed E-state index contributed by atoms with van der Waals surface area (Å²) in [4.78, 5) is 18.8. The summed E-state index contributed by atoms with van der Waals surface area (Å²) in [6.45, 7) is 10.7. The van der Waals surface area contributed by atoms with Crippen LogP contribution in [0.2, 0.25) is 0 Å². The zero-order valence-electron chi connectivity index (χ0n) is 13.8. The van der Waals surface area contributed by atoms with Crippen molar-refractivity contribution in [3.8, 4) is 0 Å². The molecule has 0 radical (unpaired) electrons. The molecule has 4 nitrogen and oxygen atoms in total. The summed E-state index contributed by atoms with van der Waals surface area (Å²) in [6, 6.07) is 3.58. The monoisotopic (exact) mass is 291 g/mol. The molecular weight excluding hydrogens is 262 g/mol. The van der Waals surface area contributed by atoms with Gasteiger partial charge in [0.1, 0.15) is 0 Å². The average molecular weight is 291 g/mol. The molecule has 2 N–H and O–H groups in total.